The minimum Gasteiger partial charge on any atom is -0.492 e. The Morgan fingerprint density at radius 3 is 2.88 bits per heavy atom. The number of aryl methyl sites for hydroxylation is 1. The molecule has 0 amide bonds. The van der Waals surface area contributed by atoms with Crippen LogP contribution in [0.2, 0.25) is 0 Å². The number of carbonyl (C=O) groups is 1. The quantitative estimate of drug-likeness (QED) is 0.777. The molecule has 1 aromatic carbocycles. The summed E-state index contributed by atoms with van der Waals surface area (Å²) in [6.07, 6.45) is 5.36. The van der Waals surface area contributed by atoms with E-state index in [4.69, 9.17) is 4.74 Å². The Morgan fingerprint density at radius 1 is 1.29 bits per heavy atom. The highest BCUT2D eigenvalue weighted by Crippen LogP contribution is 2.37. The highest BCUT2D eigenvalue weighted by Gasteiger charge is 2.31. The molecule has 1 aromatic rings. The second-order valence-corrected chi connectivity index (χ2v) is 5.74. The predicted molar refractivity (Wildman–Crippen MR) is 69.6 cm³/mol. The number of rotatable bonds is 2. The minimum atomic E-state index is 0.284. The number of fused-ring (bicyclic) bond motifs is 1. The molecule has 1 saturated carbocycles. The third-order valence-corrected chi connectivity index (χ3v) is 4.03. The summed E-state index contributed by atoms with van der Waals surface area (Å²) < 4.78 is 6.66. The molecular formula is C14H15BrO2. The Morgan fingerprint density at radius 2 is 2.12 bits per heavy atom. The van der Waals surface area contributed by atoms with E-state index in [1.807, 2.05) is 12.1 Å². The standard InChI is InChI=1S/C14H15BrO2/c15-12-8-11(13(16)9-4-5-9)7-10-3-1-2-6-17-14(10)12/h7-9H,1-6H2. The maximum atomic E-state index is 12.1. The van der Waals surface area contributed by atoms with Gasteiger partial charge in [0.1, 0.15) is 5.75 Å². The van der Waals surface area contributed by atoms with Gasteiger partial charge in [0.25, 0.3) is 0 Å². The number of ether oxygens (including phenoxy) is 1. The van der Waals surface area contributed by atoms with E-state index >= 15 is 0 Å². The number of halogens is 1. The summed E-state index contributed by atoms with van der Waals surface area (Å²) in [6.45, 7) is 0.779. The zero-order valence-corrected chi connectivity index (χ0v) is 11.3. The molecule has 2 aliphatic rings. The van der Waals surface area contributed by atoms with Crippen LogP contribution in [0.5, 0.6) is 5.75 Å². The highest BCUT2D eigenvalue weighted by molar-refractivity contribution is 9.10. The van der Waals surface area contributed by atoms with Crippen molar-refractivity contribution in [2.75, 3.05) is 6.61 Å². The molecule has 17 heavy (non-hydrogen) atoms. The summed E-state index contributed by atoms with van der Waals surface area (Å²) in [7, 11) is 0. The maximum absolute atomic E-state index is 12.1. The third kappa shape index (κ3) is 2.25. The molecule has 90 valence electrons. The molecule has 2 nitrogen and oxygen atoms in total. The molecule has 0 atom stereocenters. The average molecular weight is 295 g/mol. The Balaban J connectivity index is 1.99. The first-order chi connectivity index (χ1) is 8.25. The van der Waals surface area contributed by atoms with Gasteiger partial charge >= 0.3 is 0 Å². The van der Waals surface area contributed by atoms with Gasteiger partial charge in [0.05, 0.1) is 11.1 Å². The summed E-state index contributed by atoms with van der Waals surface area (Å²) in [5.74, 6) is 1.53. The van der Waals surface area contributed by atoms with Gasteiger partial charge in [-0.05, 0) is 65.7 Å². The minimum absolute atomic E-state index is 0.284. The van der Waals surface area contributed by atoms with Crippen LogP contribution in [0.15, 0.2) is 16.6 Å². The molecule has 1 aliphatic heterocycles. The fourth-order valence-corrected chi connectivity index (χ4v) is 2.93. The van der Waals surface area contributed by atoms with Crippen LogP contribution in [0.1, 0.15) is 41.6 Å². The van der Waals surface area contributed by atoms with Gasteiger partial charge in [0, 0.05) is 11.5 Å². The van der Waals surface area contributed by atoms with Gasteiger partial charge in [0.2, 0.25) is 0 Å². The van der Waals surface area contributed by atoms with Gasteiger partial charge in [-0.3, -0.25) is 4.79 Å². The van der Waals surface area contributed by atoms with Crippen molar-refractivity contribution in [2.45, 2.75) is 32.1 Å². The van der Waals surface area contributed by atoms with Crippen molar-refractivity contribution in [3.63, 3.8) is 0 Å². The molecule has 0 N–H and O–H groups in total. The SMILES string of the molecule is O=C(c1cc(Br)c2c(c1)CCCCO2)C1CC1. The summed E-state index contributed by atoms with van der Waals surface area (Å²) in [4.78, 5) is 12.1. The second kappa shape index (κ2) is 4.45. The normalized spacial score (nSPS) is 19.1. The first kappa shape index (κ1) is 11.3. The smallest absolute Gasteiger partial charge is 0.165 e. The summed E-state index contributed by atoms with van der Waals surface area (Å²) in [5.41, 5.74) is 2.03. The van der Waals surface area contributed by atoms with Crippen molar-refractivity contribution in [2.24, 2.45) is 5.92 Å². The van der Waals surface area contributed by atoms with Gasteiger partial charge in [-0.1, -0.05) is 0 Å². The zero-order valence-electron chi connectivity index (χ0n) is 9.67. The van der Waals surface area contributed by atoms with E-state index in [9.17, 15) is 4.79 Å². The lowest BCUT2D eigenvalue weighted by Gasteiger charge is -2.11. The van der Waals surface area contributed by atoms with Crippen LogP contribution in [0.25, 0.3) is 0 Å². The molecule has 1 heterocycles. The fraction of sp³-hybridized carbons (Fsp3) is 0.500. The van der Waals surface area contributed by atoms with Crippen LogP contribution in [-0.4, -0.2) is 12.4 Å². The number of Topliss-reactive ketones (excluding diaryl/α,β-unsaturated/α-hetero) is 1. The van der Waals surface area contributed by atoms with E-state index in [0.29, 0.717) is 5.78 Å². The van der Waals surface area contributed by atoms with Crippen molar-refractivity contribution in [3.05, 3.63) is 27.7 Å². The molecular weight excluding hydrogens is 280 g/mol. The van der Waals surface area contributed by atoms with Crippen molar-refractivity contribution < 1.29 is 9.53 Å². The molecule has 0 saturated heterocycles. The van der Waals surface area contributed by atoms with E-state index in [0.717, 1.165) is 54.5 Å². The van der Waals surface area contributed by atoms with E-state index in [2.05, 4.69) is 15.9 Å². The van der Waals surface area contributed by atoms with Gasteiger partial charge in [-0.25, -0.2) is 0 Å². The average Bonchev–Trinajstić information content (AvgIpc) is 3.14. The Bertz CT molecular complexity index is 464. The largest absolute Gasteiger partial charge is 0.492 e. The Kier molecular flexibility index (Phi) is 2.95. The zero-order chi connectivity index (χ0) is 11.8. The van der Waals surface area contributed by atoms with Crippen molar-refractivity contribution in [3.8, 4) is 5.75 Å². The Labute approximate surface area is 109 Å². The van der Waals surface area contributed by atoms with Crippen LogP contribution in [0.4, 0.5) is 0 Å². The molecule has 0 bridgehead atoms. The number of ketones is 1. The maximum Gasteiger partial charge on any atom is 0.165 e. The highest BCUT2D eigenvalue weighted by atomic mass is 79.9. The number of carbonyl (C=O) groups excluding carboxylic acids is 1. The molecule has 3 heteroatoms. The van der Waals surface area contributed by atoms with Gasteiger partial charge < -0.3 is 4.74 Å². The lowest BCUT2D eigenvalue weighted by molar-refractivity contribution is 0.0967. The monoisotopic (exact) mass is 294 g/mol. The summed E-state index contributed by atoms with van der Waals surface area (Å²) in [6, 6.07) is 3.96. The van der Waals surface area contributed by atoms with Crippen LogP contribution >= 0.6 is 15.9 Å². The molecule has 1 aliphatic carbocycles. The molecule has 0 aromatic heterocycles. The molecule has 0 radical (unpaired) electrons. The van der Waals surface area contributed by atoms with Crippen LogP contribution < -0.4 is 4.74 Å². The number of benzene rings is 1. The predicted octanol–water partition coefficient (Wildman–Crippen LogP) is 3.76. The molecule has 0 unspecified atom stereocenters. The van der Waals surface area contributed by atoms with Crippen LogP contribution in [-0.2, 0) is 6.42 Å². The summed E-state index contributed by atoms with van der Waals surface area (Å²) in [5, 5.41) is 0. The Hall–Kier alpha value is -0.830. The van der Waals surface area contributed by atoms with Gasteiger partial charge in [-0.2, -0.15) is 0 Å². The van der Waals surface area contributed by atoms with E-state index in [1.165, 1.54) is 5.56 Å². The first-order valence-corrected chi connectivity index (χ1v) is 7.04. The third-order valence-electron chi connectivity index (χ3n) is 3.44. The van der Waals surface area contributed by atoms with Gasteiger partial charge in [0.15, 0.2) is 5.78 Å². The van der Waals surface area contributed by atoms with E-state index < -0.39 is 0 Å². The van der Waals surface area contributed by atoms with Crippen molar-refractivity contribution in [1.82, 2.24) is 0 Å². The first-order valence-electron chi connectivity index (χ1n) is 6.25. The van der Waals surface area contributed by atoms with Crippen molar-refractivity contribution >= 4 is 21.7 Å². The number of hydrogen-bond acceptors (Lipinski definition) is 2. The fourth-order valence-electron chi connectivity index (χ4n) is 2.31. The van der Waals surface area contributed by atoms with E-state index in [1.54, 1.807) is 0 Å². The molecule has 0 spiro atoms. The van der Waals surface area contributed by atoms with E-state index in [-0.39, 0.29) is 5.92 Å². The lowest BCUT2D eigenvalue weighted by atomic mass is 10.0. The number of hydrogen-bond donors (Lipinski definition) is 0. The summed E-state index contributed by atoms with van der Waals surface area (Å²) >= 11 is 3.53. The second-order valence-electron chi connectivity index (χ2n) is 4.89. The molecule has 3 rings (SSSR count). The van der Waals surface area contributed by atoms with Crippen LogP contribution in [0.3, 0.4) is 0 Å². The van der Waals surface area contributed by atoms with Crippen molar-refractivity contribution in [1.29, 1.82) is 0 Å². The van der Waals surface area contributed by atoms with Crippen LogP contribution in [0, 0.1) is 5.92 Å². The lowest BCUT2D eigenvalue weighted by Crippen LogP contribution is -2.04. The molecule has 1 fully saturated rings. The topological polar surface area (TPSA) is 26.3 Å². The van der Waals surface area contributed by atoms with Gasteiger partial charge in [-0.15, -0.1) is 0 Å².